The second kappa shape index (κ2) is 10.6. The van der Waals surface area contributed by atoms with Gasteiger partial charge in [-0.1, -0.05) is 42.5 Å². The summed E-state index contributed by atoms with van der Waals surface area (Å²) in [6.07, 6.45) is 0. The molecule has 0 heterocycles. The predicted molar refractivity (Wildman–Crippen MR) is 118 cm³/mol. The van der Waals surface area contributed by atoms with E-state index in [9.17, 15) is 14.4 Å². The van der Waals surface area contributed by atoms with E-state index in [4.69, 9.17) is 4.74 Å². The van der Waals surface area contributed by atoms with Gasteiger partial charge in [-0.25, -0.2) is 0 Å². The fourth-order valence-electron chi connectivity index (χ4n) is 2.84. The highest BCUT2D eigenvalue weighted by molar-refractivity contribution is 5.97. The van der Waals surface area contributed by atoms with E-state index in [1.807, 2.05) is 30.3 Å². The van der Waals surface area contributed by atoms with Gasteiger partial charge in [-0.05, 0) is 42.0 Å². The smallest absolute Gasteiger partial charge is 0.262 e. The Morgan fingerprint density at radius 2 is 1.48 bits per heavy atom. The first kappa shape index (κ1) is 21.6. The third-order valence-electron chi connectivity index (χ3n) is 4.44. The van der Waals surface area contributed by atoms with E-state index in [1.165, 1.54) is 0 Å². The number of nitrogens with one attached hydrogen (secondary N) is 3. The second-order valence-corrected chi connectivity index (χ2v) is 6.66. The van der Waals surface area contributed by atoms with E-state index in [0.717, 1.165) is 5.56 Å². The largest absolute Gasteiger partial charge is 0.483 e. The van der Waals surface area contributed by atoms with Gasteiger partial charge in [0.1, 0.15) is 5.75 Å². The van der Waals surface area contributed by atoms with Crippen LogP contribution in [0.1, 0.15) is 26.3 Å². The molecule has 158 valence electrons. The van der Waals surface area contributed by atoms with Crippen LogP contribution < -0.4 is 20.7 Å². The molecule has 0 aromatic heterocycles. The topological polar surface area (TPSA) is 96.5 Å². The van der Waals surface area contributed by atoms with Crippen LogP contribution in [0.4, 0.5) is 5.69 Å². The molecule has 0 unspecified atom stereocenters. The van der Waals surface area contributed by atoms with E-state index in [2.05, 4.69) is 16.0 Å². The first-order valence-corrected chi connectivity index (χ1v) is 9.73. The zero-order valence-corrected chi connectivity index (χ0v) is 17.1. The monoisotopic (exact) mass is 417 g/mol. The summed E-state index contributed by atoms with van der Waals surface area (Å²) < 4.78 is 5.59. The van der Waals surface area contributed by atoms with Gasteiger partial charge in [-0.2, -0.15) is 0 Å². The molecule has 3 N–H and O–H groups in total. The highest BCUT2D eigenvalue weighted by atomic mass is 16.5. The van der Waals surface area contributed by atoms with Crippen molar-refractivity contribution < 1.29 is 19.1 Å². The van der Waals surface area contributed by atoms with Crippen molar-refractivity contribution in [1.82, 2.24) is 10.6 Å². The lowest BCUT2D eigenvalue weighted by molar-refractivity contribution is -0.118. The molecule has 0 atom stereocenters. The lowest BCUT2D eigenvalue weighted by Gasteiger charge is -2.12. The fourth-order valence-corrected chi connectivity index (χ4v) is 2.84. The number of para-hydroxylation sites is 1. The highest BCUT2D eigenvalue weighted by Crippen LogP contribution is 2.18. The Kier molecular flexibility index (Phi) is 7.37. The summed E-state index contributed by atoms with van der Waals surface area (Å²) in [4.78, 5) is 36.4. The van der Waals surface area contributed by atoms with Crippen LogP contribution in [0.25, 0.3) is 0 Å². The van der Waals surface area contributed by atoms with Crippen LogP contribution in [0, 0.1) is 0 Å². The van der Waals surface area contributed by atoms with E-state index in [1.54, 1.807) is 55.6 Å². The van der Waals surface area contributed by atoms with Crippen molar-refractivity contribution in [2.45, 2.75) is 6.54 Å². The van der Waals surface area contributed by atoms with Crippen LogP contribution in [0.3, 0.4) is 0 Å². The SMILES string of the molecule is CNC(=O)c1ccc(NC(=O)COc2ccccc2C(=O)NCc2ccccc2)cc1. The molecule has 0 bridgehead atoms. The van der Waals surface area contributed by atoms with Gasteiger partial charge >= 0.3 is 0 Å². The van der Waals surface area contributed by atoms with Crippen LogP contribution >= 0.6 is 0 Å². The molecule has 0 saturated heterocycles. The summed E-state index contributed by atoms with van der Waals surface area (Å²) in [5.74, 6) is -0.557. The van der Waals surface area contributed by atoms with Gasteiger partial charge in [0, 0.05) is 24.8 Å². The first-order valence-electron chi connectivity index (χ1n) is 9.73. The van der Waals surface area contributed by atoms with E-state index >= 15 is 0 Å². The number of ether oxygens (including phenoxy) is 1. The van der Waals surface area contributed by atoms with Crippen molar-refractivity contribution in [3.8, 4) is 5.75 Å². The zero-order chi connectivity index (χ0) is 22.1. The number of anilines is 1. The van der Waals surface area contributed by atoms with Gasteiger partial charge in [-0.3, -0.25) is 14.4 Å². The third kappa shape index (κ3) is 6.17. The van der Waals surface area contributed by atoms with Crippen molar-refractivity contribution in [2.75, 3.05) is 19.0 Å². The molecule has 7 heteroatoms. The fraction of sp³-hybridized carbons (Fsp3) is 0.125. The Bertz CT molecular complexity index is 1050. The Balaban J connectivity index is 1.56. The average molecular weight is 417 g/mol. The summed E-state index contributed by atoms with van der Waals surface area (Å²) in [7, 11) is 1.55. The quantitative estimate of drug-likeness (QED) is 0.525. The van der Waals surface area contributed by atoms with E-state index in [0.29, 0.717) is 29.1 Å². The number of hydrogen-bond acceptors (Lipinski definition) is 4. The predicted octanol–water partition coefficient (Wildman–Crippen LogP) is 2.99. The highest BCUT2D eigenvalue weighted by Gasteiger charge is 2.13. The van der Waals surface area contributed by atoms with Crippen LogP contribution in [0.15, 0.2) is 78.9 Å². The van der Waals surface area contributed by atoms with Crippen LogP contribution in [0.2, 0.25) is 0 Å². The molecule has 0 fully saturated rings. The molecule has 3 aromatic carbocycles. The van der Waals surface area contributed by atoms with Crippen LogP contribution in [-0.4, -0.2) is 31.4 Å². The van der Waals surface area contributed by atoms with Gasteiger partial charge < -0.3 is 20.7 Å². The minimum absolute atomic E-state index is 0.205. The molecule has 3 rings (SSSR count). The van der Waals surface area contributed by atoms with Crippen LogP contribution in [0.5, 0.6) is 5.75 Å². The minimum atomic E-state index is -0.382. The standard InChI is InChI=1S/C24H23N3O4/c1-25-23(29)18-11-13-19(14-12-18)27-22(28)16-31-21-10-6-5-9-20(21)24(30)26-15-17-7-3-2-4-8-17/h2-14H,15-16H2,1H3,(H,25,29)(H,26,30)(H,27,28). The zero-order valence-electron chi connectivity index (χ0n) is 17.1. The Morgan fingerprint density at radius 1 is 0.806 bits per heavy atom. The van der Waals surface area contributed by atoms with Crippen molar-refractivity contribution in [3.05, 3.63) is 95.6 Å². The van der Waals surface area contributed by atoms with Gasteiger partial charge in [0.05, 0.1) is 5.56 Å². The molecule has 3 amide bonds. The lowest BCUT2D eigenvalue weighted by Crippen LogP contribution is -2.25. The van der Waals surface area contributed by atoms with E-state index in [-0.39, 0.29) is 24.3 Å². The number of amides is 3. The average Bonchev–Trinajstić information content (AvgIpc) is 2.82. The Labute approximate surface area is 180 Å². The maximum atomic E-state index is 12.6. The molecule has 3 aromatic rings. The second-order valence-electron chi connectivity index (χ2n) is 6.66. The maximum Gasteiger partial charge on any atom is 0.262 e. The molecule has 31 heavy (non-hydrogen) atoms. The van der Waals surface area contributed by atoms with E-state index < -0.39 is 0 Å². The molecule has 0 spiro atoms. The molecular weight excluding hydrogens is 394 g/mol. The van der Waals surface area contributed by atoms with Crippen molar-refractivity contribution >= 4 is 23.4 Å². The summed E-state index contributed by atoms with van der Waals surface area (Å²) >= 11 is 0. The number of carbonyl (C=O) groups is 3. The molecule has 0 aliphatic carbocycles. The van der Waals surface area contributed by atoms with Crippen LogP contribution in [-0.2, 0) is 11.3 Å². The molecule has 7 nitrogen and oxygen atoms in total. The minimum Gasteiger partial charge on any atom is -0.483 e. The normalized spacial score (nSPS) is 10.1. The summed E-state index contributed by atoms with van der Waals surface area (Å²) in [5.41, 5.74) is 2.36. The number of rotatable bonds is 8. The molecule has 0 saturated carbocycles. The molecular formula is C24H23N3O4. The summed E-state index contributed by atoms with van der Waals surface area (Å²) in [6, 6.07) is 22.8. The molecule has 0 aliphatic rings. The molecule has 0 aliphatic heterocycles. The first-order chi connectivity index (χ1) is 15.1. The van der Waals surface area contributed by atoms with Crippen molar-refractivity contribution in [1.29, 1.82) is 0 Å². The van der Waals surface area contributed by atoms with Gasteiger partial charge in [0.2, 0.25) is 0 Å². The van der Waals surface area contributed by atoms with Gasteiger partial charge in [-0.15, -0.1) is 0 Å². The Hall–Kier alpha value is -4.13. The number of carbonyl (C=O) groups excluding carboxylic acids is 3. The number of benzene rings is 3. The third-order valence-corrected chi connectivity index (χ3v) is 4.44. The van der Waals surface area contributed by atoms with Gasteiger partial charge in [0.25, 0.3) is 17.7 Å². The summed E-state index contributed by atoms with van der Waals surface area (Å²) in [5, 5.41) is 8.08. The van der Waals surface area contributed by atoms with Crippen molar-refractivity contribution in [2.24, 2.45) is 0 Å². The lowest BCUT2D eigenvalue weighted by atomic mass is 10.1. The van der Waals surface area contributed by atoms with Gasteiger partial charge in [0.15, 0.2) is 6.61 Å². The van der Waals surface area contributed by atoms with Crippen molar-refractivity contribution in [3.63, 3.8) is 0 Å². The number of hydrogen-bond donors (Lipinski definition) is 3. The molecule has 0 radical (unpaired) electrons. The summed E-state index contributed by atoms with van der Waals surface area (Å²) in [6.45, 7) is 0.126. The maximum absolute atomic E-state index is 12.6. The Morgan fingerprint density at radius 3 is 2.19 bits per heavy atom.